The third kappa shape index (κ3) is 8.54. The lowest BCUT2D eigenvalue weighted by atomic mass is 9.85. The first-order chi connectivity index (χ1) is 8.63. The third-order valence-corrected chi connectivity index (χ3v) is 3.32. The van der Waals surface area contributed by atoms with Gasteiger partial charge in [0.15, 0.2) is 0 Å². The molecule has 0 atom stereocenters. The number of hydrogen-bond donors (Lipinski definition) is 1. The Balaban J connectivity index is 0. The van der Waals surface area contributed by atoms with E-state index in [9.17, 15) is 0 Å². The monoisotopic (exact) mass is 256 g/mol. The van der Waals surface area contributed by atoms with Crippen molar-refractivity contribution in [2.75, 3.05) is 0 Å². The number of amidine groups is 1. The number of nitrogens with two attached hydrogens (primary N) is 1. The Bertz CT molecular complexity index is 189. The molecule has 18 heavy (non-hydrogen) atoms. The van der Waals surface area contributed by atoms with E-state index in [-0.39, 0.29) is 0 Å². The van der Waals surface area contributed by atoms with Gasteiger partial charge in [-0.15, -0.1) is 0 Å². The van der Waals surface area contributed by atoms with E-state index in [1.165, 1.54) is 32.1 Å². The highest BCUT2D eigenvalue weighted by Crippen LogP contribution is 2.28. The van der Waals surface area contributed by atoms with Gasteiger partial charge in [-0.25, -0.2) is 0 Å². The molecule has 0 saturated heterocycles. The zero-order valence-electron chi connectivity index (χ0n) is 13.8. The minimum atomic E-state index is 0.402. The van der Waals surface area contributed by atoms with Gasteiger partial charge in [-0.3, -0.25) is 4.99 Å². The molecular formula is C16H36N2. The first-order valence-electron chi connectivity index (χ1n) is 7.96. The second kappa shape index (κ2) is 12.9. The molecule has 1 aliphatic rings. The van der Waals surface area contributed by atoms with Gasteiger partial charge < -0.3 is 5.73 Å². The van der Waals surface area contributed by atoms with E-state index in [2.05, 4.69) is 25.8 Å². The number of nitrogens with zero attached hydrogens (tertiary/aromatic N) is 1. The summed E-state index contributed by atoms with van der Waals surface area (Å²) in [5.41, 5.74) is 5.86. The van der Waals surface area contributed by atoms with E-state index < -0.39 is 0 Å². The van der Waals surface area contributed by atoms with E-state index >= 15 is 0 Å². The highest BCUT2D eigenvalue weighted by molar-refractivity contribution is 5.82. The van der Waals surface area contributed by atoms with Crippen LogP contribution in [0.5, 0.6) is 0 Å². The summed E-state index contributed by atoms with van der Waals surface area (Å²) in [6.07, 6.45) is 6.50. The lowest BCUT2D eigenvalue weighted by Crippen LogP contribution is -2.24. The van der Waals surface area contributed by atoms with Gasteiger partial charge in [0, 0.05) is 5.92 Å². The second-order valence-corrected chi connectivity index (χ2v) is 4.79. The van der Waals surface area contributed by atoms with Crippen LogP contribution in [0.15, 0.2) is 4.99 Å². The van der Waals surface area contributed by atoms with Crippen LogP contribution in [-0.2, 0) is 0 Å². The van der Waals surface area contributed by atoms with Crippen molar-refractivity contribution in [2.24, 2.45) is 22.6 Å². The summed E-state index contributed by atoms with van der Waals surface area (Å²) in [6, 6.07) is 0.514. The molecule has 1 saturated carbocycles. The molecule has 110 valence electrons. The van der Waals surface area contributed by atoms with Crippen LogP contribution in [-0.4, -0.2) is 11.9 Å². The van der Waals surface area contributed by atoms with E-state index in [1.54, 1.807) is 0 Å². The zero-order valence-corrected chi connectivity index (χ0v) is 13.8. The van der Waals surface area contributed by atoms with Crippen molar-refractivity contribution < 1.29 is 0 Å². The van der Waals surface area contributed by atoms with Crippen LogP contribution in [0.3, 0.4) is 0 Å². The predicted octanol–water partition coefficient (Wildman–Crippen LogP) is 5.02. The predicted molar refractivity (Wildman–Crippen MR) is 85.2 cm³/mol. The average Bonchev–Trinajstić information content (AvgIpc) is 2.44. The molecule has 0 radical (unpaired) electrons. The zero-order chi connectivity index (χ0) is 14.6. The Labute approximate surface area is 115 Å². The van der Waals surface area contributed by atoms with E-state index in [1.807, 2.05) is 27.7 Å². The molecule has 0 aromatic carbocycles. The quantitative estimate of drug-likeness (QED) is 0.559. The molecule has 0 bridgehead atoms. The summed E-state index contributed by atoms with van der Waals surface area (Å²) in [5.74, 6) is 2.19. The molecule has 0 amide bonds. The molecule has 0 unspecified atom stereocenters. The largest absolute Gasteiger partial charge is 0.387 e. The molecule has 2 heteroatoms. The van der Waals surface area contributed by atoms with Crippen LogP contribution in [0.4, 0.5) is 0 Å². The SMILES string of the molecule is CC.CC.CCC1CCC(N=C(N)C(C)C)CC1. The Morgan fingerprint density at radius 2 is 1.50 bits per heavy atom. The molecule has 1 fully saturated rings. The van der Waals surface area contributed by atoms with Crippen molar-refractivity contribution in [1.82, 2.24) is 0 Å². The molecule has 0 aromatic heterocycles. The Morgan fingerprint density at radius 1 is 1.06 bits per heavy atom. The maximum atomic E-state index is 5.86. The van der Waals surface area contributed by atoms with Crippen molar-refractivity contribution in [2.45, 2.75) is 86.6 Å². The van der Waals surface area contributed by atoms with E-state index in [0.29, 0.717) is 12.0 Å². The highest BCUT2D eigenvalue weighted by Gasteiger charge is 2.19. The maximum Gasteiger partial charge on any atom is 0.0966 e. The van der Waals surface area contributed by atoms with Crippen molar-refractivity contribution in [1.29, 1.82) is 0 Å². The maximum absolute atomic E-state index is 5.86. The first-order valence-corrected chi connectivity index (χ1v) is 7.96. The summed E-state index contributed by atoms with van der Waals surface area (Å²) < 4.78 is 0. The number of hydrogen-bond acceptors (Lipinski definition) is 1. The fourth-order valence-electron chi connectivity index (χ4n) is 2.04. The highest BCUT2D eigenvalue weighted by atomic mass is 14.9. The average molecular weight is 256 g/mol. The van der Waals surface area contributed by atoms with Crippen LogP contribution in [0.25, 0.3) is 0 Å². The van der Waals surface area contributed by atoms with Gasteiger partial charge in [0.05, 0.1) is 11.9 Å². The normalized spacial score (nSPS) is 23.7. The van der Waals surface area contributed by atoms with Gasteiger partial charge in [0.2, 0.25) is 0 Å². The molecule has 0 spiro atoms. The molecule has 1 rings (SSSR count). The fourth-order valence-corrected chi connectivity index (χ4v) is 2.04. The molecule has 0 aliphatic heterocycles. The first kappa shape index (κ1) is 19.8. The van der Waals surface area contributed by atoms with Gasteiger partial charge in [-0.2, -0.15) is 0 Å². The van der Waals surface area contributed by atoms with Crippen LogP contribution >= 0.6 is 0 Å². The minimum absolute atomic E-state index is 0.402. The van der Waals surface area contributed by atoms with Crippen molar-refractivity contribution >= 4 is 5.84 Å². The molecule has 0 aromatic rings. The Kier molecular flexibility index (Phi) is 14.2. The summed E-state index contributed by atoms with van der Waals surface area (Å²) in [4.78, 5) is 4.60. The Morgan fingerprint density at radius 3 is 1.83 bits per heavy atom. The Hall–Kier alpha value is -0.530. The smallest absolute Gasteiger partial charge is 0.0966 e. The van der Waals surface area contributed by atoms with Gasteiger partial charge in [-0.05, 0) is 31.6 Å². The lowest BCUT2D eigenvalue weighted by Gasteiger charge is -2.25. The van der Waals surface area contributed by atoms with E-state index in [0.717, 1.165) is 11.8 Å². The second-order valence-electron chi connectivity index (χ2n) is 4.79. The van der Waals surface area contributed by atoms with Gasteiger partial charge in [-0.1, -0.05) is 54.9 Å². The number of aliphatic imine (C=N–C) groups is 1. The van der Waals surface area contributed by atoms with E-state index in [4.69, 9.17) is 5.73 Å². The van der Waals surface area contributed by atoms with Crippen LogP contribution < -0.4 is 5.73 Å². The fraction of sp³-hybridized carbons (Fsp3) is 0.938. The molecule has 0 heterocycles. The van der Waals surface area contributed by atoms with Crippen molar-refractivity contribution in [3.63, 3.8) is 0 Å². The van der Waals surface area contributed by atoms with Crippen LogP contribution in [0.2, 0.25) is 0 Å². The molecular weight excluding hydrogens is 220 g/mol. The van der Waals surface area contributed by atoms with Crippen LogP contribution in [0.1, 0.15) is 80.6 Å². The van der Waals surface area contributed by atoms with Gasteiger partial charge in [0.1, 0.15) is 0 Å². The van der Waals surface area contributed by atoms with Gasteiger partial charge in [0.25, 0.3) is 0 Å². The minimum Gasteiger partial charge on any atom is -0.387 e. The molecule has 2 nitrogen and oxygen atoms in total. The van der Waals surface area contributed by atoms with Crippen molar-refractivity contribution in [3.8, 4) is 0 Å². The molecule has 1 aliphatic carbocycles. The summed E-state index contributed by atoms with van der Waals surface area (Å²) in [5, 5.41) is 0. The standard InChI is InChI=1S/C12H24N2.2C2H6/c1-4-10-5-7-11(8-6-10)14-12(13)9(2)3;2*1-2/h9-11H,4-8H2,1-3H3,(H2,13,14);2*1-2H3. The summed E-state index contributed by atoms with van der Waals surface area (Å²) in [7, 11) is 0. The topological polar surface area (TPSA) is 38.4 Å². The summed E-state index contributed by atoms with van der Waals surface area (Å²) >= 11 is 0. The summed E-state index contributed by atoms with van der Waals surface area (Å²) in [6.45, 7) is 14.5. The molecule has 2 N–H and O–H groups in total. The third-order valence-electron chi connectivity index (χ3n) is 3.32. The van der Waals surface area contributed by atoms with Crippen LogP contribution in [0, 0.1) is 11.8 Å². The van der Waals surface area contributed by atoms with Gasteiger partial charge >= 0.3 is 0 Å². The lowest BCUT2D eigenvalue weighted by molar-refractivity contribution is 0.320. The van der Waals surface area contributed by atoms with Crippen molar-refractivity contribution in [3.05, 3.63) is 0 Å². The number of rotatable bonds is 3.